The van der Waals surface area contributed by atoms with Gasteiger partial charge in [0.2, 0.25) is 0 Å². The van der Waals surface area contributed by atoms with E-state index >= 15 is 0 Å². The molecule has 0 heterocycles. The fourth-order valence-electron chi connectivity index (χ4n) is 2.60. The molecule has 0 aliphatic carbocycles. The number of nitrogens with two attached hydrogens (primary N) is 1. The van der Waals surface area contributed by atoms with Gasteiger partial charge in [-0.25, -0.2) is 0 Å². The summed E-state index contributed by atoms with van der Waals surface area (Å²) in [6.45, 7) is 1.34. The van der Waals surface area contributed by atoms with Crippen molar-refractivity contribution in [2.45, 2.75) is 0 Å². The van der Waals surface area contributed by atoms with Gasteiger partial charge < -0.3 is 16.4 Å². The average Bonchev–Trinajstić information content (AvgIpc) is 2.59. The molecule has 0 bridgehead atoms. The molecule has 0 radical (unpaired) electrons. The Labute approximate surface area is 139 Å². The molecule has 0 aromatic heterocycles. The number of nitrogens with zero attached hydrogens (tertiary/aromatic N) is 1. The Hall–Kier alpha value is -3.28. The first-order valence-corrected chi connectivity index (χ1v) is 7.64. The van der Waals surface area contributed by atoms with Gasteiger partial charge in [-0.3, -0.25) is 10.1 Å². The van der Waals surface area contributed by atoms with Crippen molar-refractivity contribution in [1.29, 1.82) is 0 Å². The molecule has 0 spiro atoms. The van der Waals surface area contributed by atoms with E-state index in [1.54, 1.807) is 6.07 Å². The maximum Gasteiger partial charge on any atom is 0.271 e. The molecule has 0 fully saturated rings. The van der Waals surface area contributed by atoms with Crippen LogP contribution in [0.2, 0.25) is 0 Å². The summed E-state index contributed by atoms with van der Waals surface area (Å²) in [6, 6.07) is 18.8. The molecule has 0 unspecified atom stereocenters. The van der Waals surface area contributed by atoms with Crippen molar-refractivity contribution in [2.75, 3.05) is 29.5 Å². The molecule has 0 saturated carbocycles. The number of nitrogen functional groups attached to an aromatic ring is 1. The van der Waals surface area contributed by atoms with E-state index in [0.29, 0.717) is 24.5 Å². The summed E-state index contributed by atoms with van der Waals surface area (Å²) in [5.41, 5.74) is 7.97. The minimum absolute atomic E-state index is 0.00747. The van der Waals surface area contributed by atoms with Gasteiger partial charge in [0.25, 0.3) is 5.69 Å². The molecule has 3 aromatic rings. The molecular formula is C18H18N4O2. The summed E-state index contributed by atoms with van der Waals surface area (Å²) >= 11 is 0. The highest BCUT2D eigenvalue weighted by molar-refractivity contribution is 5.93. The fraction of sp³-hybridized carbons (Fsp3) is 0.111. The third-order valence-electron chi connectivity index (χ3n) is 3.79. The standard InChI is InChI=1S/C18H18N4O2/c19-16-12-14(22(23)24)8-9-18(16)21-11-10-20-17-7-3-5-13-4-1-2-6-15(13)17/h1-9,12,20-21H,10-11,19H2. The number of anilines is 3. The fourth-order valence-corrected chi connectivity index (χ4v) is 2.60. The van der Waals surface area contributed by atoms with Gasteiger partial charge in [0, 0.05) is 36.3 Å². The largest absolute Gasteiger partial charge is 0.397 e. The van der Waals surface area contributed by atoms with Gasteiger partial charge in [0.1, 0.15) is 0 Å². The number of fused-ring (bicyclic) bond motifs is 1. The van der Waals surface area contributed by atoms with E-state index < -0.39 is 4.92 Å². The van der Waals surface area contributed by atoms with E-state index in [4.69, 9.17) is 5.73 Å². The lowest BCUT2D eigenvalue weighted by Gasteiger charge is -2.12. The van der Waals surface area contributed by atoms with Crippen LogP contribution < -0.4 is 16.4 Å². The quantitative estimate of drug-likeness (QED) is 0.277. The number of rotatable bonds is 6. The summed E-state index contributed by atoms with van der Waals surface area (Å²) in [4.78, 5) is 10.3. The highest BCUT2D eigenvalue weighted by atomic mass is 16.6. The number of nitro benzene ring substituents is 1. The van der Waals surface area contributed by atoms with E-state index in [1.807, 2.05) is 24.3 Å². The zero-order valence-electron chi connectivity index (χ0n) is 13.0. The summed E-state index contributed by atoms with van der Waals surface area (Å²) in [6.07, 6.45) is 0. The van der Waals surface area contributed by atoms with E-state index in [9.17, 15) is 10.1 Å². The number of non-ortho nitro benzene ring substituents is 1. The monoisotopic (exact) mass is 322 g/mol. The first-order valence-electron chi connectivity index (χ1n) is 7.64. The first kappa shape index (κ1) is 15.6. The van der Waals surface area contributed by atoms with Crippen LogP contribution in [-0.2, 0) is 0 Å². The predicted octanol–water partition coefficient (Wildman–Crippen LogP) is 3.85. The summed E-state index contributed by atoms with van der Waals surface area (Å²) in [7, 11) is 0. The van der Waals surface area contributed by atoms with Crippen molar-refractivity contribution in [2.24, 2.45) is 0 Å². The number of nitro groups is 1. The smallest absolute Gasteiger partial charge is 0.271 e. The van der Waals surface area contributed by atoms with E-state index in [1.165, 1.54) is 22.9 Å². The van der Waals surface area contributed by atoms with Crippen LogP contribution in [0.1, 0.15) is 0 Å². The van der Waals surface area contributed by atoms with Gasteiger partial charge in [-0.2, -0.15) is 0 Å². The minimum atomic E-state index is -0.456. The predicted molar refractivity (Wildman–Crippen MR) is 98.4 cm³/mol. The van der Waals surface area contributed by atoms with Crippen molar-refractivity contribution in [3.05, 3.63) is 70.8 Å². The second-order valence-corrected chi connectivity index (χ2v) is 5.41. The van der Waals surface area contributed by atoms with Gasteiger partial charge in [0.15, 0.2) is 0 Å². The van der Waals surface area contributed by atoms with Crippen molar-refractivity contribution >= 4 is 33.5 Å². The molecule has 4 N–H and O–H groups in total. The Morgan fingerprint density at radius 3 is 2.38 bits per heavy atom. The molecule has 0 aliphatic rings. The topological polar surface area (TPSA) is 93.2 Å². The molecular weight excluding hydrogens is 304 g/mol. The molecule has 122 valence electrons. The third-order valence-corrected chi connectivity index (χ3v) is 3.79. The van der Waals surface area contributed by atoms with Crippen molar-refractivity contribution in [1.82, 2.24) is 0 Å². The van der Waals surface area contributed by atoms with Crippen LogP contribution in [0.4, 0.5) is 22.7 Å². The molecule has 0 saturated heterocycles. The van der Waals surface area contributed by atoms with E-state index in [2.05, 4.69) is 28.8 Å². The maximum atomic E-state index is 10.7. The first-order chi connectivity index (χ1) is 11.6. The third kappa shape index (κ3) is 3.38. The highest BCUT2D eigenvalue weighted by Crippen LogP contribution is 2.24. The molecule has 0 amide bonds. The van der Waals surface area contributed by atoms with Crippen LogP contribution in [-0.4, -0.2) is 18.0 Å². The Kier molecular flexibility index (Phi) is 4.47. The summed E-state index contributed by atoms with van der Waals surface area (Å²) in [5, 5.41) is 19.7. The second-order valence-electron chi connectivity index (χ2n) is 5.41. The zero-order valence-corrected chi connectivity index (χ0v) is 13.0. The maximum absolute atomic E-state index is 10.7. The Balaban J connectivity index is 1.60. The average molecular weight is 322 g/mol. The second kappa shape index (κ2) is 6.87. The van der Waals surface area contributed by atoms with Crippen LogP contribution >= 0.6 is 0 Å². The van der Waals surface area contributed by atoms with Gasteiger partial charge in [-0.05, 0) is 17.5 Å². The normalized spacial score (nSPS) is 10.5. The summed E-state index contributed by atoms with van der Waals surface area (Å²) < 4.78 is 0. The molecule has 6 nitrogen and oxygen atoms in total. The van der Waals surface area contributed by atoms with Crippen LogP contribution in [0.25, 0.3) is 10.8 Å². The van der Waals surface area contributed by atoms with E-state index in [-0.39, 0.29) is 5.69 Å². The molecule has 6 heteroatoms. The molecule has 3 aromatic carbocycles. The molecule has 0 aliphatic heterocycles. The van der Waals surface area contributed by atoms with E-state index in [0.717, 1.165) is 5.69 Å². The number of hydrogen-bond acceptors (Lipinski definition) is 5. The van der Waals surface area contributed by atoms with Crippen LogP contribution in [0.3, 0.4) is 0 Å². The highest BCUT2D eigenvalue weighted by Gasteiger charge is 2.08. The van der Waals surface area contributed by atoms with Gasteiger partial charge >= 0.3 is 0 Å². The lowest BCUT2D eigenvalue weighted by Crippen LogP contribution is -2.14. The SMILES string of the molecule is Nc1cc([N+](=O)[O-])ccc1NCCNc1cccc2ccccc12. The Morgan fingerprint density at radius 1 is 0.917 bits per heavy atom. The van der Waals surface area contributed by atoms with Crippen LogP contribution in [0, 0.1) is 10.1 Å². The van der Waals surface area contributed by atoms with Crippen molar-refractivity contribution in [3.63, 3.8) is 0 Å². The Morgan fingerprint density at radius 2 is 1.62 bits per heavy atom. The van der Waals surface area contributed by atoms with Crippen molar-refractivity contribution in [3.8, 4) is 0 Å². The van der Waals surface area contributed by atoms with Crippen LogP contribution in [0.15, 0.2) is 60.7 Å². The van der Waals surface area contributed by atoms with Gasteiger partial charge in [-0.1, -0.05) is 36.4 Å². The van der Waals surface area contributed by atoms with Gasteiger partial charge in [-0.15, -0.1) is 0 Å². The zero-order chi connectivity index (χ0) is 16.9. The molecule has 24 heavy (non-hydrogen) atoms. The number of benzene rings is 3. The van der Waals surface area contributed by atoms with Gasteiger partial charge in [0.05, 0.1) is 16.3 Å². The number of hydrogen-bond donors (Lipinski definition) is 3. The molecule has 0 atom stereocenters. The lowest BCUT2D eigenvalue weighted by molar-refractivity contribution is -0.384. The van der Waals surface area contributed by atoms with Crippen molar-refractivity contribution < 1.29 is 4.92 Å². The Bertz CT molecular complexity index is 875. The summed E-state index contributed by atoms with van der Waals surface area (Å²) in [5.74, 6) is 0. The minimum Gasteiger partial charge on any atom is -0.397 e. The number of nitrogens with one attached hydrogen (secondary N) is 2. The molecule has 3 rings (SSSR count). The van der Waals surface area contributed by atoms with Crippen LogP contribution in [0.5, 0.6) is 0 Å². The lowest BCUT2D eigenvalue weighted by atomic mass is 10.1.